The van der Waals surface area contributed by atoms with Crippen LogP contribution in [0.15, 0.2) is 38.3 Å². The lowest BCUT2D eigenvalue weighted by atomic mass is 10.1. The van der Waals surface area contributed by atoms with Crippen molar-refractivity contribution in [1.29, 1.82) is 0 Å². The van der Waals surface area contributed by atoms with E-state index < -0.39 is 10.0 Å². The molecule has 0 radical (unpaired) electrons. The molecule has 21 heavy (non-hydrogen) atoms. The Balaban J connectivity index is 2.09. The molecule has 0 aliphatic heterocycles. The highest BCUT2D eigenvalue weighted by Gasteiger charge is 2.20. The molecule has 0 spiro atoms. The molecule has 1 aromatic carbocycles. The molecule has 1 heterocycles. The highest BCUT2D eigenvalue weighted by molar-refractivity contribution is 9.11. The first-order valence-electron chi connectivity index (χ1n) is 6.30. The van der Waals surface area contributed by atoms with E-state index in [0.717, 1.165) is 14.9 Å². The van der Waals surface area contributed by atoms with Crippen LogP contribution in [0.25, 0.3) is 0 Å². The Labute approximate surface area is 142 Å². The van der Waals surface area contributed by atoms with Crippen LogP contribution in [-0.2, 0) is 16.4 Å². The average Bonchev–Trinajstić information content (AvgIpc) is 2.69. The maximum absolute atomic E-state index is 12.3. The van der Waals surface area contributed by atoms with Gasteiger partial charge in [0.25, 0.3) is 0 Å². The van der Waals surface area contributed by atoms with E-state index in [1.54, 1.807) is 12.1 Å². The maximum atomic E-state index is 12.3. The summed E-state index contributed by atoms with van der Waals surface area (Å²) in [7, 11) is -3.49. The van der Waals surface area contributed by atoms with Gasteiger partial charge in [-0.05, 0) is 65.5 Å². The maximum Gasteiger partial charge on any atom is 0.250 e. The van der Waals surface area contributed by atoms with Crippen molar-refractivity contribution in [1.82, 2.24) is 4.72 Å². The summed E-state index contributed by atoms with van der Waals surface area (Å²) in [5.41, 5.74) is 1.92. The van der Waals surface area contributed by atoms with E-state index in [1.807, 2.05) is 32.0 Å². The molecule has 0 aliphatic rings. The van der Waals surface area contributed by atoms with Gasteiger partial charge >= 0.3 is 0 Å². The minimum absolute atomic E-state index is 0.213. The highest BCUT2D eigenvalue weighted by Crippen LogP contribution is 2.30. The number of hydrogen-bond acceptors (Lipinski definition) is 3. The molecule has 0 amide bonds. The summed E-state index contributed by atoms with van der Waals surface area (Å²) in [5, 5.41) is 0.653. The number of nitrogens with one attached hydrogen (secondary N) is 1. The van der Waals surface area contributed by atoms with Gasteiger partial charge in [-0.2, -0.15) is 0 Å². The van der Waals surface area contributed by atoms with Gasteiger partial charge in [0.15, 0.2) is 0 Å². The molecule has 1 N–H and O–H groups in total. The van der Waals surface area contributed by atoms with Gasteiger partial charge in [0.05, 0.1) is 3.79 Å². The third-order valence-corrected chi connectivity index (χ3v) is 7.32. The standard InChI is InChI=1S/C14H15BrClNO2S2/c1-9-6-13(20-14(9)15)21(18,19)17-10(2)7-11-4-3-5-12(16)8-11/h3-6,8,10,17H,7H2,1-2H3. The van der Waals surface area contributed by atoms with Crippen LogP contribution in [0.3, 0.4) is 0 Å². The topological polar surface area (TPSA) is 46.2 Å². The molecule has 0 bridgehead atoms. The van der Waals surface area contributed by atoms with Gasteiger partial charge in [-0.1, -0.05) is 23.7 Å². The molecular formula is C14H15BrClNO2S2. The van der Waals surface area contributed by atoms with E-state index in [-0.39, 0.29) is 6.04 Å². The van der Waals surface area contributed by atoms with Crippen molar-refractivity contribution in [2.75, 3.05) is 0 Å². The van der Waals surface area contributed by atoms with Gasteiger partial charge in [-0.3, -0.25) is 0 Å². The fraction of sp³-hybridized carbons (Fsp3) is 0.286. The summed E-state index contributed by atoms with van der Waals surface area (Å²) in [6.07, 6.45) is 0.589. The van der Waals surface area contributed by atoms with Gasteiger partial charge in [-0.15, -0.1) is 11.3 Å². The van der Waals surface area contributed by atoms with Crippen LogP contribution in [0.4, 0.5) is 0 Å². The molecule has 0 fully saturated rings. The quantitative estimate of drug-likeness (QED) is 0.798. The smallest absolute Gasteiger partial charge is 0.207 e. The van der Waals surface area contributed by atoms with Gasteiger partial charge in [-0.25, -0.2) is 13.1 Å². The van der Waals surface area contributed by atoms with Crippen LogP contribution in [0.1, 0.15) is 18.1 Å². The highest BCUT2D eigenvalue weighted by atomic mass is 79.9. The summed E-state index contributed by atoms with van der Waals surface area (Å²) < 4.78 is 28.5. The lowest BCUT2D eigenvalue weighted by Crippen LogP contribution is -2.33. The average molecular weight is 409 g/mol. The first kappa shape index (κ1) is 17.0. The first-order valence-corrected chi connectivity index (χ1v) is 9.77. The van der Waals surface area contributed by atoms with E-state index in [1.165, 1.54) is 11.3 Å². The van der Waals surface area contributed by atoms with Crippen LogP contribution in [0.2, 0.25) is 5.02 Å². The van der Waals surface area contributed by atoms with Crippen molar-refractivity contribution in [2.24, 2.45) is 0 Å². The number of hydrogen-bond donors (Lipinski definition) is 1. The third kappa shape index (κ3) is 4.53. The van der Waals surface area contributed by atoms with E-state index in [4.69, 9.17) is 11.6 Å². The number of thiophene rings is 1. The van der Waals surface area contributed by atoms with Gasteiger partial charge in [0, 0.05) is 11.1 Å². The number of rotatable bonds is 5. The van der Waals surface area contributed by atoms with Gasteiger partial charge < -0.3 is 0 Å². The Bertz CT molecular complexity index is 724. The molecule has 7 heteroatoms. The second kappa shape index (κ2) is 6.79. The van der Waals surface area contributed by atoms with Crippen molar-refractivity contribution in [3.63, 3.8) is 0 Å². The van der Waals surface area contributed by atoms with Crippen LogP contribution in [0.5, 0.6) is 0 Å². The molecule has 2 aromatic rings. The number of sulfonamides is 1. The lowest BCUT2D eigenvalue weighted by molar-refractivity contribution is 0.562. The Morgan fingerprint density at radius 1 is 1.38 bits per heavy atom. The summed E-state index contributed by atoms with van der Waals surface area (Å²) in [6.45, 7) is 3.71. The minimum atomic E-state index is -3.49. The molecule has 114 valence electrons. The minimum Gasteiger partial charge on any atom is -0.207 e. The van der Waals surface area contributed by atoms with E-state index in [9.17, 15) is 8.42 Å². The van der Waals surface area contributed by atoms with Crippen LogP contribution in [0, 0.1) is 6.92 Å². The van der Waals surface area contributed by atoms with Crippen LogP contribution < -0.4 is 4.72 Å². The SMILES string of the molecule is Cc1cc(S(=O)(=O)NC(C)Cc2cccc(Cl)c2)sc1Br. The molecule has 1 aromatic heterocycles. The molecule has 0 saturated carbocycles. The van der Waals surface area contributed by atoms with Crippen molar-refractivity contribution in [3.8, 4) is 0 Å². The summed E-state index contributed by atoms with van der Waals surface area (Å²) in [6, 6.07) is 8.89. The van der Waals surface area contributed by atoms with Crippen molar-refractivity contribution >= 4 is 48.9 Å². The molecule has 0 aliphatic carbocycles. The Kier molecular flexibility index (Phi) is 5.48. The van der Waals surface area contributed by atoms with Crippen LogP contribution >= 0.6 is 38.9 Å². The molecule has 0 saturated heterocycles. The second-order valence-electron chi connectivity index (χ2n) is 4.88. The van der Waals surface area contributed by atoms with Crippen molar-refractivity contribution in [2.45, 2.75) is 30.5 Å². The van der Waals surface area contributed by atoms with Gasteiger partial charge in [0.2, 0.25) is 10.0 Å². The van der Waals surface area contributed by atoms with Crippen LogP contribution in [-0.4, -0.2) is 14.5 Å². The summed E-state index contributed by atoms with van der Waals surface area (Å²) in [4.78, 5) is 0. The van der Waals surface area contributed by atoms with E-state index >= 15 is 0 Å². The molecular weight excluding hydrogens is 394 g/mol. The first-order chi connectivity index (χ1) is 9.78. The fourth-order valence-corrected chi connectivity index (χ4v) is 5.64. The number of aryl methyl sites for hydroxylation is 1. The largest absolute Gasteiger partial charge is 0.250 e. The Morgan fingerprint density at radius 2 is 2.10 bits per heavy atom. The monoisotopic (exact) mass is 407 g/mol. The molecule has 1 unspecified atom stereocenters. The second-order valence-corrected chi connectivity index (χ2v) is 9.63. The zero-order valence-corrected chi connectivity index (χ0v) is 15.5. The third-order valence-electron chi connectivity index (χ3n) is 2.89. The van der Waals surface area contributed by atoms with Crippen molar-refractivity contribution in [3.05, 3.63) is 50.3 Å². The zero-order valence-electron chi connectivity index (χ0n) is 11.6. The number of halogens is 2. The Hall–Kier alpha value is -0.400. The van der Waals surface area contributed by atoms with E-state index in [0.29, 0.717) is 15.7 Å². The summed E-state index contributed by atoms with van der Waals surface area (Å²) in [5.74, 6) is 0. The molecule has 2 rings (SSSR count). The summed E-state index contributed by atoms with van der Waals surface area (Å²) >= 11 is 10.5. The zero-order chi connectivity index (χ0) is 15.6. The molecule has 1 atom stereocenters. The lowest BCUT2D eigenvalue weighted by Gasteiger charge is -2.13. The Morgan fingerprint density at radius 3 is 2.67 bits per heavy atom. The van der Waals surface area contributed by atoms with Crippen molar-refractivity contribution < 1.29 is 8.42 Å². The van der Waals surface area contributed by atoms with Gasteiger partial charge in [0.1, 0.15) is 4.21 Å². The normalized spacial score (nSPS) is 13.3. The number of benzene rings is 1. The predicted octanol–water partition coefficient (Wildman–Crippen LogP) is 4.38. The van der Waals surface area contributed by atoms with E-state index in [2.05, 4.69) is 20.7 Å². The predicted molar refractivity (Wildman–Crippen MR) is 91.7 cm³/mol. The molecule has 3 nitrogen and oxygen atoms in total. The fourth-order valence-electron chi connectivity index (χ4n) is 1.95.